The minimum absolute atomic E-state index is 0.0593. The Morgan fingerprint density at radius 2 is 1.68 bits per heavy atom. The average molecular weight is 557 g/mol. The molecule has 0 radical (unpaired) electrons. The van der Waals surface area contributed by atoms with E-state index in [1.807, 2.05) is 30.3 Å². The second-order valence-electron chi connectivity index (χ2n) is 9.53. The number of nitrogens with one attached hydrogen (secondary N) is 1. The normalized spacial score (nSPS) is 14.5. The first-order valence-corrected chi connectivity index (χ1v) is 13.6. The first-order chi connectivity index (χ1) is 18.4. The maximum Gasteiger partial charge on any atom is 0.261 e. The first-order valence-electron chi connectivity index (χ1n) is 12.9. The maximum absolute atomic E-state index is 14.7. The van der Waals surface area contributed by atoms with Crippen molar-refractivity contribution >= 4 is 35.0 Å². The van der Waals surface area contributed by atoms with Crippen LogP contribution in [0.4, 0.5) is 4.39 Å². The van der Waals surface area contributed by atoms with Crippen LogP contribution in [0.2, 0.25) is 10.0 Å². The highest BCUT2D eigenvalue weighted by molar-refractivity contribution is 6.35. The summed E-state index contributed by atoms with van der Waals surface area (Å²) in [5, 5.41) is 3.87. The van der Waals surface area contributed by atoms with Gasteiger partial charge in [0.1, 0.15) is 17.6 Å². The number of nitrogens with zero attached hydrogens (tertiary/aromatic N) is 1. The van der Waals surface area contributed by atoms with Crippen molar-refractivity contribution in [3.63, 3.8) is 0 Å². The monoisotopic (exact) mass is 556 g/mol. The quantitative estimate of drug-likeness (QED) is 0.306. The molecule has 1 fully saturated rings. The minimum atomic E-state index is -0.865. The molecule has 4 rings (SSSR count). The van der Waals surface area contributed by atoms with E-state index in [9.17, 15) is 14.0 Å². The van der Waals surface area contributed by atoms with E-state index in [-0.39, 0.29) is 36.5 Å². The van der Waals surface area contributed by atoms with Gasteiger partial charge in [0.2, 0.25) is 5.91 Å². The van der Waals surface area contributed by atoms with Crippen molar-refractivity contribution in [1.29, 1.82) is 0 Å². The van der Waals surface area contributed by atoms with Crippen molar-refractivity contribution in [3.8, 4) is 5.75 Å². The molecule has 1 aliphatic carbocycles. The van der Waals surface area contributed by atoms with Gasteiger partial charge >= 0.3 is 0 Å². The van der Waals surface area contributed by atoms with Gasteiger partial charge in [-0.05, 0) is 42.7 Å². The number of hydrogen-bond donors (Lipinski definition) is 1. The zero-order valence-corrected chi connectivity index (χ0v) is 22.6. The number of rotatable bonds is 10. The smallest absolute Gasteiger partial charge is 0.261 e. The van der Waals surface area contributed by atoms with E-state index in [2.05, 4.69) is 5.32 Å². The van der Waals surface area contributed by atoms with E-state index >= 15 is 0 Å². The number of hydrogen-bond acceptors (Lipinski definition) is 3. The van der Waals surface area contributed by atoms with Gasteiger partial charge in [0.25, 0.3) is 5.91 Å². The summed E-state index contributed by atoms with van der Waals surface area (Å²) in [6, 6.07) is 19.7. The predicted octanol–water partition coefficient (Wildman–Crippen LogP) is 6.60. The predicted molar refractivity (Wildman–Crippen MR) is 148 cm³/mol. The number of amides is 2. The number of benzene rings is 3. The highest BCUT2D eigenvalue weighted by atomic mass is 35.5. The summed E-state index contributed by atoms with van der Waals surface area (Å²) >= 11 is 12.2. The van der Waals surface area contributed by atoms with Crippen LogP contribution >= 0.6 is 23.2 Å². The van der Waals surface area contributed by atoms with Gasteiger partial charge < -0.3 is 15.0 Å². The third kappa shape index (κ3) is 7.71. The molecule has 0 unspecified atom stereocenters. The number of carbonyl (C=O) groups is 2. The molecule has 2 amide bonds. The zero-order chi connectivity index (χ0) is 26.9. The summed E-state index contributed by atoms with van der Waals surface area (Å²) in [4.78, 5) is 28.8. The minimum Gasteiger partial charge on any atom is -0.482 e. The number of carbonyl (C=O) groups excluding carboxylic acids is 2. The van der Waals surface area contributed by atoms with Crippen LogP contribution in [0.15, 0.2) is 72.8 Å². The lowest BCUT2D eigenvalue weighted by molar-refractivity contribution is -0.143. The maximum atomic E-state index is 14.7. The van der Waals surface area contributed by atoms with Crippen molar-refractivity contribution in [2.45, 2.75) is 57.2 Å². The SMILES string of the molecule is O=C(NC1CCCCC1)[C@@H](Cc1ccccc1)N(Cc1ccccc1F)C(=O)COc1ccc(Cl)cc1Cl. The standard InChI is InChI=1S/C30H31Cl2FN2O3/c31-23-15-16-28(25(32)18-23)38-20-29(36)35(19-22-11-7-8-14-26(22)33)27(17-21-9-3-1-4-10-21)30(37)34-24-12-5-2-6-13-24/h1,3-4,7-11,14-16,18,24,27H,2,5-6,12-13,17,19-20H2,(H,34,37)/t27-/m1/s1. The molecule has 3 aromatic rings. The molecule has 1 saturated carbocycles. The number of ether oxygens (including phenoxy) is 1. The van der Waals surface area contributed by atoms with E-state index in [0.29, 0.717) is 16.3 Å². The van der Waals surface area contributed by atoms with Gasteiger partial charge in [0.05, 0.1) is 5.02 Å². The van der Waals surface area contributed by atoms with Crippen LogP contribution in [0.3, 0.4) is 0 Å². The van der Waals surface area contributed by atoms with E-state index < -0.39 is 17.8 Å². The molecule has 1 aliphatic rings. The van der Waals surface area contributed by atoms with E-state index in [1.54, 1.807) is 30.3 Å². The van der Waals surface area contributed by atoms with Crippen LogP contribution in [0, 0.1) is 5.82 Å². The van der Waals surface area contributed by atoms with Crippen LogP contribution in [0.25, 0.3) is 0 Å². The highest BCUT2D eigenvalue weighted by Crippen LogP contribution is 2.28. The van der Waals surface area contributed by atoms with Gasteiger partial charge in [-0.15, -0.1) is 0 Å². The number of halogens is 3. The molecular weight excluding hydrogens is 526 g/mol. The summed E-state index contributed by atoms with van der Waals surface area (Å²) in [5.41, 5.74) is 1.21. The molecule has 1 atom stereocenters. The summed E-state index contributed by atoms with van der Waals surface area (Å²) in [7, 11) is 0. The van der Waals surface area contributed by atoms with Gasteiger partial charge in [0, 0.05) is 29.6 Å². The van der Waals surface area contributed by atoms with Gasteiger partial charge in [-0.3, -0.25) is 9.59 Å². The first kappa shape index (κ1) is 27.9. The molecule has 3 aromatic carbocycles. The van der Waals surface area contributed by atoms with Crippen molar-refractivity contribution in [3.05, 3.63) is 99.8 Å². The Morgan fingerprint density at radius 3 is 2.39 bits per heavy atom. The summed E-state index contributed by atoms with van der Waals surface area (Å²) < 4.78 is 20.4. The highest BCUT2D eigenvalue weighted by Gasteiger charge is 2.32. The molecule has 200 valence electrons. The lowest BCUT2D eigenvalue weighted by atomic mass is 9.94. The van der Waals surface area contributed by atoms with E-state index in [1.165, 1.54) is 17.0 Å². The summed E-state index contributed by atoms with van der Waals surface area (Å²) in [6.07, 6.45) is 5.36. The van der Waals surface area contributed by atoms with Crippen molar-refractivity contribution in [1.82, 2.24) is 10.2 Å². The molecule has 5 nitrogen and oxygen atoms in total. The Bertz CT molecular complexity index is 1240. The molecule has 8 heteroatoms. The lowest BCUT2D eigenvalue weighted by Gasteiger charge is -2.33. The fourth-order valence-corrected chi connectivity index (χ4v) is 5.19. The molecule has 0 aromatic heterocycles. The third-order valence-corrected chi connectivity index (χ3v) is 7.30. The molecule has 38 heavy (non-hydrogen) atoms. The Kier molecular flexibility index (Phi) is 10.0. The molecule has 0 bridgehead atoms. The zero-order valence-electron chi connectivity index (χ0n) is 21.0. The molecular formula is C30H31Cl2FN2O3. The Hall–Kier alpha value is -3.09. The Morgan fingerprint density at radius 1 is 0.974 bits per heavy atom. The Balaban J connectivity index is 1.62. The van der Waals surface area contributed by atoms with Crippen molar-refractivity contribution < 1.29 is 18.7 Å². The summed E-state index contributed by atoms with van der Waals surface area (Å²) in [5.74, 6) is -0.867. The lowest BCUT2D eigenvalue weighted by Crippen LogP contribution is -2.53. The molecule has 0 saturated heterocycles. The molecule has 0 spiro atoms. The average Bonchev–Trinajstić information content (AvgIpc) is 2.92. The Labute approximate surface area is 232 Å². The molecule has 0 heterocycles. The van der Waals surface area contributed by atoms with Crippen LogP contribution < -0.4 is 10.1 Å². The van der Waals surface area contributed by atoms with Crippen LogP contribution in [0.1, 0.15) is 43.2 Å². The van der Waals surface area contributed by atoms with Crippen molar-refractivity contribution in [2.75, 3.05) is 6.61 Å². The van der Waals surface area contributed by atoms with E-state index in [0.717, 1.165) is 37.7 Å². The van der Waals surface area contributed by atoms with Crippen LogP contribution in [-0.2, 0) is 22.6 Å². The van der Waals surface area contributed by atoms with E-state index in [4.69, 9.17) is 27.9 Å². The summed E-state index contributed by atoms with van der Waals surface area (Å²) in [6.45, 7) is -0.462. The second-order valence-corrected chi connectivity index (χ2v) is 10.4. The second kappa shape index (κ2) is 13.6. The molecule has 1 N–H and O–H groups in total. The van der Waals surface area contributed by atoms with Crippen LogP contribution in [0.5, 0.6) is 5.75 Å². The third-order valence-electron chi connectivity index (χ3n) is 6.77. The fourth-order valence-electron chi connectivity index (χ4n) is 4.72. The van der Waals surface area contributed by atoms with Crippen molar-refractivity contribution in [2.24, 2.45) is 0 Å². The van der Waals surface area contributed by atoms with Gasteiger partial charge in [-0.25, -0.2) is 4.39 Å². The van der Waals surface area contributed by atoms with Gasteiger partial charge in [-0.1, -0.05) is 91.0 Å². The largest absolute Gasteiger partial charge is 0.482 e. The van der Waals surface area contributed by atoms with Gasteiger partial charge in [0.15, 0.2) is 6.61 Å². The fraction of sp³-hybridized carbons (Fsp3) is 0.333. The van der Waals surface area contributed by atoms with Gasteiger partial charge in [-0.2, -0.15) is 0 Å². The van der Waals surface area contributed by atoms with Crippen LogP contribution in [-0.4, -0.2) is 35.4 Å². The topological polar surface area (TPSA) is 58.6 Å². The molecule has 0 aliphatic heterocycles.